The lowest BCUT2D eigenvalue weighted by Crippen LogP contribution is -2.20. The first-order valence-corrected chi connectivity index (χ1v) is 6.83. The minimum atomic E-state index is -0.427. The zero-order valence-corrected chi connectivity index (χ0v) is 12.3. The third kappa shape index (κ3) is 3.29. The summed E-state index contributed by atoms with van der Waals surface area (Å²) in [7, 11) is 1.69. The smallest absolute Gasteiger partial charge is 0.129 e. The van der Waals surface area contributed by atoms with E-state index in [0.717, 1.165) is 0 Å². The van der Waals surface area contributed by atoms with E-state index in [1.54, 1.807) is 31.3 Å². The van der Waals surface area contributed by atoms with Gasteiger partial charge < -0.3 is 5.32 Å². The SMILES string of the molecule is CNC(Cc1c(F)cccc1Cl)c1ccc(Cl)cc1F. The molecule has 1 atom stereocenters. The van der Waals surface area contributed by atoms with Gasteiger partial charge in [-0.2, -0.15) is 0 Å². The van der Waals surface area contributed by atoms with E-state index < -0.39 is 11.6 Å². The van der Waals surface area contributed by atoms with Gasteiger partial charge in [-0.05, 0) is 37.7 Å². The molecule has 0 fully saturated rings. The molecule has 0 spiro atoms. The second kappa shape index (κ2) is 6.53. The van der Waals surface area contributed by atoms with Crippen LogP contribution in [0.2, 0.25) is 10.0 Å². The predicted molar refractivity (Wildman–Crippen MR) is 78.3 cm³/mol. The van der Waals surface area contributed by atoms with E-state index >= 15 is 0 Å². The summed E-state index contributed by atoms with van der Waals surface area (Å²) >= 11 is 11.7. The Hall–Kier alpha value is -1.16. The van der Waals surface area contributed by atoms with Crippen molar-refractivity contribution in [2.45, 2.75) is 12.5 Å². The summed E-state index contributed by atoms with van der Waals surface area (Å²) in [5, 5.41) is 3.63. The monoisotopic (exact) mass is 315 g/mol. The van der Waals surface area contributed by atoms with Gasteiger partial charge in [0.1, 0.15) is 11.6 Å². The van der Waals surface area contributed by atoms with Crippen molar-refractivity contribution in [2.24, 2.45) is 0 Å². The molecule has 1 N–H and O–H groups in total. The van der Waals surface area contributed by atoms with E-state index in [0.29, 0.717) is 21.2 Å². The lowest BCUT2D eigenvalue weighted by Gasteiger charge is -2.18. The second-order valence-corrected chi connectivity index (χ2v) is 5.26. The summed E-state index contributed by atoms with van der Waals surface area (Å²) in [5.74, 6) is -0.823. The van der Waals surface area contributed by atoms with Crippen LogP contribution in [0.1, 0.15) is 17.2 Å². The fourth-order valence-electron chi connectivity index (χ4n) is 2.08. The highest BCUT2D eigenvalue weighted by molar-refractivity contribution is 6.31. The van der Waals surface area contributed by atoms with Gasteiger partial charge in [0.15, 0.2) is 0 Å². The van der Waals surface area contributed by atoms with Crippen molar-refractivity contribution in [3.05, 3.63) is 69.2 Å². The highest BCUT2D eigenvalue weighted by Gasteiger charge is 2.18. The predicted octanol–water partition coefficient (Wildman–Crippen LogP) is 4.77. The quantitative estimate of drug-likeness (QED) is 0.856. The molecule has 0 aliphatic carbocycles. The molecule has 2 aromatic carbocycles. The van der Waals surface area contributed by atoms with Crippen molar-refractivity contribution in [3.63, 3.8) is 0 Å². The van der Waals surface area contributed by atoms with Crippen LogP contribution >= 0.6 is 23.2 Å². The lowest BCUT2D eigenvalue weighted by atomic mass is 9.98. The molecule has 1 unspecified atom stereocenters. The van der Waals surface area contributed by atoms with E-state index in [1.807, 2.05) is 0 Å². The normalized spacial score (nSPS) is 12.4. The Labute approximate surface area is 126 Å². The van der Waals surface area contributed by atoms with Crippen LogP contribution in [-0.4, -0.2) is 7.05 Å². The third-order valence-corrected chi connectivity index (χ3v) is 3.75. The molecule has 0 saturated heterocycles. The molecular formula is C15H13Cl2F2N. The zero-order valence-electron chi connectivity index (χ0n) is 10.8. The van der Waals surface area contributed by atoms with Gasteiger partial charge >= 0.3 is 0 Å². The Balaban J connectivity index is 2.34. The van der Waals surface area contributed by atoms with Crippen LogP contribution in [-0.2, 0) is 6.42 Å². The molecule has 0 amide bonds. The van der Waals surface area contributed by atoms with Crippen LogP contribution in [0.5, 0.6) is 0 Å². The van der Waals surface area contributed by atoms with Gasteiger partial charge in [0.05, 0.1) is 0 Å². The first-order chi connectivity index (χ1) is 9.52. The molecule has 0 heterocycles. The molecule has 0 aliphatic heterocycles. The lowest BCUT2D eigenvalue weighted by molar-refractivity contribution is 0.520. The van der Waals surface area contributed by atoms with Gasteiger partial charge in [0, 0.05) is 27.2 Å². The molecule has 0 aliphatic rings. The first kappa shape index (κ1) is 15.2. The highest BCUT2D eigenvalue weighted by atomic mass is 35.5. The summed E-state index contributed by atoms with van der Waals surface area (Å²) in [6, 6.07) is 8.54. The molecule has 0 saturated carbocycles. The topological polar surface area (TPSA) is 12.0 Å². The average Bonchev–Trinajstić information content (AvgIpc) is 2.40. The minimum absolute atomic E-state index is 0.251. The van der Waals surface area contributed by atoms with Crippen LogP contribution in [0.15, 0.2) is 36.4 Å². The molecule has 20 heavy (non-hydrogen) atoms. The van der Waals surface area contributed by atoms with Gasteiger partial charge in [-0.1, -0.05) is 35.3 Å². The van der Waals surface area contributed by atoms with Crippen molar-refractivity contribution in [2.75, 3.05) is 7.05 Å². The Morgan fingerprint density at radius 3 is 2.45 bits per heavy atom. The van der Waals surface area contributed by atoms with Crippen molar-refractivity contribution in [1.29, 1.82) is 0 Å². The van der Waals surface area contributed by atoms with Crippen molar-refractivity contribution in [1.82, 2.24) is 5.32 Å². The van der Waals surface area contributed by atoms with Crippen molar-refractivity contribution < 1.29 is 8.78 Å². The fourth-order valence-corrected chi connectivity index (χ4v) is 2.48. The van der Waals surface area contributed by atoms with E-state index in [2.05, 4.69) is 5.32 Å². The summed E-state index contributed by atoms with van der Waals surface area (Å²) in [6.07, 6.45) is 0.251. The number of hydrogen-bond donors (Lipinski definition) is 1. The van der Waals surface area contributed by atoms with E-state index in [4.69, 9.17) is 23.2 Å². The van der Waals surface area contributed by atoms with E-state index in [1.165, 1.54) is 12.1 Å². The molecule has 0 radical (unpaired) electrons. The van der Waals surface area contributed by atoms with Crippen LogP contribution < -0.4 is 5.32 Å². The van der Waals surface area contributed by atoms with Gasteiger partial charge in [-0.25, -0.2) is 8.78 Å². The summed E-state index contributed by atoms with van der Waals surface area (Å²) in [6.45, 7) is 0. The fraction of sp³-hybridized carbons (Fsp3) is 0.200. The molecule has 1 nitrogen and oxygen atoms in total. The van der Waals surface area contributed by atoms with Crippen LogP contribution in [0.3, 0.4) is 0 Å². The summed E-state index contributed by atoms with van der Waals surface area (Å²) in [5.41, 5.74) is 0.791. The van der Waals surface area contributed by atoms with Gasteiger partial charge in [-0.15, -0.1) is 0 Å². The number of hydrogen-bond acceptors (Lipinski definition) is 1. The number of nitrogens with one attached hydrogen (secondary N) is 1. The first-order valence-electron chi connectivity index (χ1n) is 6.08. The molecule has 5 heteroatoms. The maximum atomic E-state index is 13.9. The molecule has 2 aromatic rings. The molecule has 2 rings (SSSR count). The van der Waals surface area contributed by atoms with Crippen LogP contribution in [0.25, 0.3) is 0 Å². The second-order valence-electron chi connectivity index (χ2n) is 4.41. The number of rotatable bonds is 4. The van der Waals surface area contributed by atoms with Gasteiger partial charge in [0.25, 0.3) is 0 Å². The Morgan fingerprint density at radius 1 is 1.10 bits per heavy atom. The maximum Gasteiger partial charge on any atom is 0.129 e. The van der Waals surface area contributed by atoms with Crippen LogP contribution in [0, 0.1) is 11.6 Å². The third-order valence-electron chi connectivity index (χ3n) is 3.16. The molecular weight excluding hydrogens is 303 g/mol. The van der Waals surface area contributed by atoms with Crippen molar-refractivity contribution >= 4 is 23.2 Å². The minimum Gasteiger partial charge on any atom is -0.313 e. The standard InChI is InChI=1S/C15H13Cl2F2N/c1-20-15(10-6-5-9(16)7-14(10)19)8-11-12(17)3-2-4-13(11)18/h2-7,15,20H,8H2,1H3. The van der Waals surface area contributed by atoms with Gasteiger partial charge in [0.2, 0.25) is 0 Å². The Kier molecular flexibility index (Phi) is 4.97. The average molecular weight is 316 g/mol. The Morgan fingerprint density at radius 2 is 1.85 bits per heavy atom. The molecule has 106 valence electrons. The van der Waals surface area contributed by atoms with Crippen molar-refractivity contribution in [3.8, 4) is 0 Å². The number of likely N-dealkylation sites (N-methyl/N-ethyl adjacent to an activating group) is 1. The summed E-state index contributed by atoms with van der Waals surface area (Å²) in [4.78, 5) is 0. The summed E-state index contributed by atoms with van der Waals surface area (Å²) < 4.78 is 27.7. The molecule has 0 bridgehead atoms. The van der Waals surface area contributed by atoms with Gasteiger partial charge in [-0.3, -0.25) is 0 Å². The number of benzene rings is 2. The van der Waals surface area contributed by atoms with Crippen LogP contribution in [0.4, 0.5) is 8.78 Å². The number of halogens is 4. The largest absolute Gasteiger partial charge is 0.313 e. The molecule has 0 aromatic heterocycles. The highest BCUT2D eigenvalue weighted by Crippen LogP contribution is 2.28. The van der Waals surface area contributed by atoms with E-state index in [-0.39, 0.29) is 12.5 Å². The maximum absolute atomic E-state index is 13.9. The van der Waals surface area contributed by atoms with E-state index in [9.17, 15) is 8.78 Å². The Bertz CT molecular complexity index is 597. The zero-order chi connectivity index (χ0) is 14.7.